The van der Waals surface area contributed by atoms with E-state index in [2.05, 4.69) is 0 Å². The Morgan fingerprint density at radius 1 is 0.973 bits per heavy atom. The van der Waals surface area contributed by atoms with Gasteiger partial charge in [-0.15, -0.1) is 0 Å². The molecule has 0 fully saturated rings. The highest BCUT2D eigenvalue weighted by Gasteiger charge is 2.68. The number of amides is 2. The molecule has 0 unspecified atom stereocenters. The van der Waals surface area contributed by atoms with Gasteiger partial charge in [-0.25, -0.2) is 4.79 Å². The third-order valence-electron chi connectivity index (χ3n) is 6.35. The highest BCUT2D eigenvalue weighted by atomic mass is 19.4. The molecular formula is C26H25F3N4O4. The summed E-state index contributed by atoms with van der Waals surface area (Å²) < 4.78 is 44.6. The van der Waals surface area contributed by atoms with E-state index in [0.29, 0.717) is 0 Å². The third kappa shape index (κ3) is 4.56. The number of nitrogens with zero attached hydrogens (tertiary/aromatic N) is 1. The molecule has 11 heteroatoms. The van der Waals surface area contributed by atoms with Crippen molar-refractivity contribution in [2.45, 2.75) is 50.9 Å². The van der Waals surface area contributed by atoms with E-state index in [0.717, 1.165) is 15.7 Å². The number of H-pyrrole nitrogens is 1. The summed E-state index contributed by atoms with van der Waals surface area (Å²) in [6.07, 6.45) is -5.17. The fourth-order valence-corrected chi connectivity index (χ4v) is 4.29. The van der Waals surface area contributed by atoms with Crippen LogP contribution >= 0.6 is 0 Å². The molecule has 1 atom stereocenters. The molecule has 194 valence electrons. The topological polar surface area (TPSA) is 113 Å². The molecule has 2 aromatic carbocycles. The first-order valence-corrected chi connectivity index (χ1v) is 11.5. The summed E-state index contributed by atoms with van der Waals surface area (Å²) in [5.41, 5.74) is -5.95. The first kappa shape index (κ1) is 25.9. The van der Waals surface area contributed by atoms with Crippen molar-refractivity contribution in [2.75, 3.05) is 5.32 Å². The molecule has 0 saturated carbocycles. The van der Waals surface area contributed by atoms with E-state index in [1.165, 1.54) is 12.1 Å². The molecular weight excluding hydrogens is 489 g/mol. The fraction of sp³-hybridized carbons (Fsp3) is 0.308. The van der Waals surface area contributed by atoms with Gasteiger partial charge >= 0.3 is 11.9 Å². The third-order valence-corrected chi connectivity index (χ3v) is 6.35. The second-order valence-electron chi connectivity index (χ2n) is 9.85. The second-order valence-corrected chi connectivity index (χ2v) is 9.85. The van der Waals surface area contributed by atoms with Gasteiger partial charge in [0.1, 0.15) is 11.4 Å². The van der Waals surface area contributed by atoms with Crippen molar-refractivity contribution in [3.63, 3.8) is 0 Å². The Morgan fingerprint density at radius 3 is 2.16 bits per heavy atom. The number of aromatic nitrogens is 2. The van der Waals surface area contributed by atoms with Gasteiger partial charge in [0.05, 0.1) is 0 Å². The molecule has 0 radical (unpaired) electrons. The molecule has 0 bridgehead atoms. The number of aromatic amines is 1. The van der Waals surface area contributed by atoms with Crippen LogP contribution in [0.1, 0.15) is 47.8 Å². The number of nitrogens with one attached hydrogen (secondary N) is 3. The normalized spacial score (nSPS) is 17.3. The maximum absolute atomic E-state index is 14.6. The van der Waals surface area contributed by atoms with Gasteiger partial charge < -0.3 is 10.6 Å². The van der Waals surface area contributed by atoms with E-state index in [1.54, 1.807) is 47.8 Å². The van der Waals surface area contributed by atoms with Gasteiger partial charge in [0, 0.05) is 12.1 Å². The Kier molecular flexibility index (Phi) is 6.35. The van der Waals surface area contributed by atoms with Crippen LogP contribution in [0.2, 0.25) is 0 Å². The van der Waals surface area contributed by atoms with Crippen LogP contribution in [0.25, 0.3) is 0 Å². The fourth-order valence-electron chi connectivity index (χ4n) is 4.29. The van der Waals surface area contributed by atoms with Gasteiger partial charge in [0.15, 0.2) is 0 Å². The minimum atomic E-state index is -5.40. The molecule has 0 saturated heterocycles. The second kappa shape index (κ2) is 9.06. The number of hydrogen-bond acceptors (Lipinski definition) is 4. The van der Waals surface area contributed by atoms with Crippen LogP contribution < -0.4 is 21.9 Å². The van der Waals surface area contributed by atoms with E-state index in [9.17, 15) is 32.3 Å². The first-order valence-electron chi connectivity index (χ1n) is 11.5. The van der Waals surface area contributed by atoms with Crippen molar-refractivity contribution < 1.29 is 22.8 Å². The summed E-state index contributed by atoms with van der Waals surface area (Å²) in [5, 5.41) is 3.80. The zero-order valence-corrected chi connectivity index (χ0v) is 20.3. The average Bonchev–Trinajstić information content (AvgIpc) is 3.12. The number of hydrogen-bond donors (Lipinski definition) is 3. The number of aryl methyl sites for hydroxylation is 1. The SMILES string of the molecule is CC(C)(C)c1ccc(C(=O)N[C@]2(C(F)(F)F)C(=O)Nc3c2c(=O)[nH]c(=O)n3CCc2ccccc2)cc1. The molecule has 1 aromatic heterocycles. The Bertz CT molecular complexity index is 1470. The standard InChI is InChI=1S/C26H25F3N4O4/c1-24(2,3)17-11-9-16(10-12-17)20(34)32-25(26(27,28)29)18-19(30-22(25)36)33(23(37)31-21(18)35)14-13-15-7-5-4-6-8-15/h4-12H,13-14H2,1-3H3,(H,30,36)(H,32,34)(H,31,35,37)/t25-/m0/s1. The minimum absolute atomic E-state index is 0.127. The summed E-state index contributed by atoms with van der Waals surface area (Å²) >= 11 is 0. The minimum Gasteiger partial charge on any atom is -0.326 e. The molecule has 3 aromatic rings. The maximum Gasteiger partial charge on any atom is 0.425 e. The van der Waals surface area contributed by atoms with E-state index in [-0.39, 0.29) is 23.9 Å². The van der Waals surface area contributed by atoms with E-state index in [1.807, 2.05) is 31.1 Å². The Labute approximate surface area is 209 Å². The van der Waals surface area contributed by atoms with Gasteiger partial charge in [-0.1, -0.05) is 63.2 Å². The zero-order chi connectivity index (χ0) is 27.2. The zero-order valence-electron chi connectivity index (χ0n) is 20.3. The number of anilines is 1. The number of fused-ring (bicyclic) bond motifs is 1. The highest BCUT2D eigenvalue weighted by Crippen LogP contribution is 2.45. The van der Waals surface area contributed by atoms with E-state index in [4.69, 9.17) is 0 Å². The predicted molar refractivity (Wildman–Crippen MR) is 130 cm³/mol. The number of alkyl halides is 3. The molecule has 3 N–H and O–H groups in total. The summed E-state index contributed by atoms with van der Waals surface area (Å²) in [6.45, 7) is 5.68. The molecule has 2 amide bonds. The highest BCUT2D eigenvalue weighted by molar-refractivity contribution is 6.09. The van der Waals surface area contributed by atoms with Gasteiger partial charge in [-0.05, 0) is 35.1 Å². The largest absolute Gasteiger partial charge is 0.425 e. The molecule has 37 heavy (non-hydrogen) atoms. The lowest BCUT2D eigenvalue weighted by Gasteiger charge is -2.30. The quantitative estimate of drug-likeness (QED) is 0.485. The van der Waals surface area contributed by atoms with E-state index >= 15 is 0 Å². The molecule has 0 spiro atoms. The predicted octanol–water partition coefficient (Wildman–Crippen LogP) is 3.22. The lowest BCUT2D eigenvalue weighted by Crippen LogP contribution is -2.62. The average molecular weight is 515 g/mol. The van der Waals surface area contributed by atoms with Crippen molar-refractivity contribution in [1.82, 2.24) is 14.9 Å². The first-order chi connectivity index (χ1) is 17.3. The lowest BCUT2D eigenvalue weighted by molar-refractivity contribution is -0.196. The molecule has 8 nitrogen and oxygen atoms in total. The van der Waals surface area contributed by atoms with Crippen LogP contribution in [-0.4, -0.2) is 27.5 Å². The Morgan fingerprint density at radius 2 is 1.59 bits per heavy atom. The van der Waals surface area contributed by atoms with E-state index < -0.39 is 46.2 Å². The van der Waals surface area contributed by atoms with Gasteiger partial charge in [-0.3, -0.25) is 23.9 Å². The molecule has 2 heterocycles. The lowest BCUT2D eigenvalue weighted by atomic mass is 9.86. The van der Waals surface area contributed by atoms with Crippen molar-refractivity contribution in [2.24, 2.45) is 0 Å². The summed E-state index contributed by atoms with van der Waals surface area (Å²) in [7, 11) is 0. The monoisotopic (exact) mass is 514 g/mol. The summed E-state index contributed by atoms with van der Waals surface area (Å²) in [4.78, 5) is 53.0. The number of halogens is 3. The van der Waals surface area contributed by atoms with Crippen LogP contribution in [0.15, 0.2) is 64.2 Å². The van der Waals surface area contributed by atoms with Crippen LogP contribution in [0, 0.1) is 0 Å². The summed E-state index contributed by atoms with van der Waals surface area (Å²) in [5.74, 6) is -3.49. The van der Waals surface area contributed by atoms with Gasteiger partial charge in [0.25, 0.3) is 22.9 Å². The number of carbonyl (C=O) groups is 2. The van der Waals surface area contributed by atoms with Crippen molar-refractivity contribution in [3.05, 3.63) is 97.7 Å². The summed E-state index contributed by atoms with van der Waals surface area (Å²) in [6, 6.07) is 14.7. The Balaban J connectivity index is 1.78. The van der Waals surface area contributed by atoms with Crippen LogP contribution in [0.3, 0.4) is 0 Å². The van der Waals surface area contributed by atoms with Crippen LogP contribution in [0.5, 0.6) is 0 Å². The van der Waals surface area contributed by atoms with Crippen molar-refractivity contribution in [1.29, 1.82) is 0 Å². The molecule has 1 aliphatic heterocycles. The van der Waals surface area contributed by atoms with Crippen molar-refractivity contribution in [3.8, 4) is 0 Å². The van der Waals surface area contributed by atoms with Crippen LogP contribution in [-0.2, 0) is 28.7 Å². The number of rotatable bonds is 5. The smallest absolute Gasteiger partial charge is 0.326 e. The van der Waals surface area contributed by atoms with Crippen molar-refractivity contribution >= 4 is 17.6 Å². The maximum atomic E-state index is 14.6. The van der Waals surface area contributed by atoms with Gasteiger partial charge in [-0.2, -0.15) is 13.2 Å². The Hall–Kier alpha value is -4.15. The van der Waals surface area contributed by atoms with Crippen LogP contribution in [0.4, 0.5) is 19.0 Å². The molecule has 1 aliphatic rings. The van der Waals surface area contributed by atoms with Gasteiger partial charge in [0.2, 0.25) is 0 Å². The molecule has 4 rings (SSSR count). The number of carbonyl (C=O) groups excluding carboxylic acids is 2. The molecule has 0 aliphatic carbocycles. The number of benzene rings is 2.